The van der Waals surface area contributed by atoms with Crippen LogP contribution in [-0.2, 0) is 9.59 Å². The molecule has 112 valence electrons. The second-order valence-electron chi connectivity index (χ2n) is 4.23. The molecule has 0 aliphatic heterocycles. The molecule has 0 fully saturated rings. The van der Waals surface area contributed by atoms with E-state index >= 15 is 0 Å². The maximum absolute atomic E-state index is 11.6. The molecule has 0 aliphatic rings. The van der Waals surface area contributed by atoms with Gasteiger partial charge in [0.2, 0.25) is 5.91 Å². The number of hydrogen-bond acceptors (Lipinski definition) is 6. The minimum absolute atomic E-state index is 0.00707. The van der Waals surface area contributed by atoms with Crippen LogP contribution in [-0.4, -0.2) is 45.5 Å². The zero-order chi connectivity index (χ0) is 15.2. The third kappa shape index (κ3) is 4.69. The van der Waals surface area contributed by atoms with Gasteiger partial charge >= 0.3 is 5.97 Å². The quantitative estimate of drug-likeness (QED) is 0.664. The van der Waals surface area contributed by atoms with Gasteiger partial charge in [0.15, 0.2) is 10.4 Å². The molecule has 1 atom stereocenters. The molecule has 21 heavy (non-hydrogen) atoms. The van der Waals surface area contributed by atoms with Gasteiger partial charge in [-0.15, -0.1) is 11.3 Å². The average molecular weight is 326 g/mol. The minimum atomic E-state index is -1.44. The van der Waals surface area contributed by atoms with E-state index in [0.29, 0.717) is 0 Å². The van der Waals surface area contributed by atoms with Crippen LogP contribution in [0, 0.1) is 0 Å². The summed E-state index contributed by atoms with van der Waals surface area (Å²) < 4.78 is 1.89. The third-order valence-corrected chi connectivity index (χ3v) is 4.81. The number of carboxylic acid groups (broad SMARTS) is 1. The van der Waals surface area contributed by atoms with E-state index in [0.717, 1.165) is 14.6 Å². The number of aliphatic hydroxyl groups excluding tert-OH is 1. The number of thioether (sulfide) groups is 1. The molecular weight excluding hydrogens is 312 g/mol. The fraction of sp³-hybridized carbons (Fsp3) is 0.308. The molecule has 1 aromatic heterocycles. The number of carbonyl (C=O) groups is 2. The molecular formula is C13H14N2O4S2. The van der Waals surface area contributed by atoms with Gasteiger partial charge < -0.3 is 15.5 Å². The molecule has 8 heteroatoms. The van der Waals surface area contributed by atoms with Crippen molar-refractivity contribution in [1.82, 2.24) is 10.3 Å². The number of amides is 1. The number of hydrogen-bond donors (Lipinski definition) is 3. The van der Waals surface area contributed by atoms with E-state index in [4.69, 9.17) is 10.2 Å². The molecule has 0 aliphatic carbocycles. The van der Waals surface area contributed by atoms with Crippen LogP contribution >= 0.6 is 23.1 Å². The molecule has 0 radical (unpaired) electrons. The lowest BCUT2D eigenvalue weighted by atomic mass is 10.2. The fourth-order valence-electron chi connectivity index (χ4n) is 1.56. The van der Waals surface area contributed by atoms with Crippen molar-refractivity contribution in [2.24, 2.45) is 0 Å². The summed E-state index contributed by atoms with van der Waals surface area (Å²) in [5, 5.41) is 20.1. The Kier molecular flexibility index (Phi) is 5.54. The molecule has 1 heterocycles. The predicted octanol–water partition coefficient (Wildman–Crippen LogP) is 1.34. The maximum Gasteiger partial charge on any atom is 0.332 e. The number of rotatable bonds is 7. The summed E-state index contributed by atoms with van der Waals surface area (Å²) in [4.78, 5) is 26.4. The molecule has 1 aromatic carbocycles. The lowest BCUT2D eigenvalue weighted by molar-refractivity contribution is -0.147. The summed E-state index contributed by atoms with van der Waals surface area (Å²) in [6.07, 6.45) is -1.45. The van der Waals surface area contributed by atoms with Gasteiger partial charge in [-0.2, -0.15) is 0 Å². The summed E-state index contributed by atoms with van der Waals surface area (Å²) in [7, 11) is 0. The summed E-state index contributed by atoms with van der Waals surface area (Å²) in [6.45, 7) is 0.132. The number of benzene rings is 1. The van der Waals surface area contributed by atoms with Crippen LogP contribution in [0.25, 0.3) is 10.2 Å². The Balaban J connectivity index is 1.75. The number of thiazole rings is 1. The van der Waals surface area contributed by atoms with Crippen molar-refractivity contribution in [3.05, 3.63) is 24.3 Å². The van der Waals surface area contributed by atoms with Gasteiger partial charge in [-0.25, -0.2) is 9.78 Å². The molecule has 3 N–H and O–H groups in total. The first kappa shape index (κ1) is 15.7. The first-order valence-corrected chi connectivity index (χ1v) is 8.02. The van der Waals surface area contributed by atoms with Gasteiger partial charge in [-0.3, -0.25) is 4.79 Å². The van der Waals surface area contributed by atoms with E-state index in [1.165, 1.54) is 23.1 Å². The number of aromatic nitrogens is 1. The zero-order valence-corrected chi connectivity index (χ0v) is 12.6. The summed E-state index contributed by atoms with van der Waals surface area (Å²) in [5.41, 5.74) is 0.912. The molecule has 0 unspecified atom stereocenters. The number of nitrogens with one attached hydrogen (secondary N) is 1. The van der Waals surface area contributed by atoms with E-state index in [1.807, 2.05) is 24.3 Å². The molecule has 2 aromatic rings. The first-order valence-electron chi connectivity index (χ1n) is 6.22. The van der Waals surface area contributed by atoms with E-state index in [9.17, 15) is 9.59 Å². The smallest absolute Gasteiger partial charge is 0.332 e. The summed E-state index contributed by atoms with van der Waals surface area (Å²) >= 11 is 2.86. The Morgan fingerprint density at radius 2 is 2.14 bits per heavy atom. The topological polar surface area (TPSA) is 99.5 Å². The Hall–Kier alpha value is -1.64. The lowest BCUT2D eigenvalue weighted by Crippen LogP contribution is -2.31. The maximum atomic E-state index is 11.6. The monoisotopic (exact) mass is 326 g/mol. The first-order chi connectivity index (χ1) is 10.1. The van der Waals surface area contributed by atoms with Gasteiger partial charge in [-0.05, 0) is 12.1 Å². The van der Waals surface area contributed by atoms with Crippen LogP contribution in [0.5, 0.6) is 0 Å². The predicted molar refractivity (Wildman–Crippen MR) is 81.6 cm³/mol. The van der Waals surface area contributed by atoms with Gasteiger partial charge in [0.1, 0.15) is 0 Å². The Bertz CT molecular complexity index is 611. The van der Waals surface area contributed by atoms with E-state index in [2.05, 4.69) is 10.3 Å². The van der Waals surface area contributed by atoms with E-state index < -0.39 is 12.1 Å². The van der Waals surface area contributed by atoms with Gasteiger partial charge in [0.25, 0.3) is 0 Å². The third-order valence-electron chi connectivity index (χ3n) is 2.63. The highest BCUT2D eigenvalue weighted by atomic mass is 32.2. The van der Waals surface area contributed by atoms with Crippen molar-refractivity contribution in [3.63, 3.8) is 0 Å². The fourth-order valence-corrected chi connectivity index (χ4v) is 3.46. The summed E-state index contributed by atoms with van der Waals surface area (Å²) in [5.74, 6) is -1.28. The normalized spacial score (nSPS) is 12.2. The largest absolute Gasteiger partial charge is 0.479 e. The second kappa shape index (κ2) is 7.39. The molecule has 0 saturated heterocycles. The molecule has 0 spiro atoms. The van der Waals surface area contributed by atoms with Crippen molar-refractivity contribution < 1.29 is 19.8 Å². The van der Waals surface area contributed by atoms with Gasteiger partial charge in [0, 0.05) is 13.0 Å². The number of para-hydroxylation sites is 1. The van der Waals surface area contributed by atoms with E-state index in [1.54, 1.807) is 0 Å². The zero-order valence-electron chi connectivity index (χ0n) is 11.0. The van der Waals surface area contributed by atoms with E-state index in [-0.39, 0.29) is 24.6 Å². The van der Waals surface area contributed by atoms with Crippen LogP contribution in [0.2, 0.25) is 0 Å². The van der Waals surface area contributed by atoms with Gasteiger partial charge in [-0.1, -0.05) is 23.9 Å². The van der Waals surface area contributed by atoms with Crippen molar-refractivity contribution in [2.75, 3.05) is 12.3 Å². The van der Waals surface area contributed by atoms with Crippen molar-refractivity contribution in [3.8, 4) is 0 Å². The number of carbonyl (C=O) groups excluding carboxylic acids is 1. The van der Waals surface area contributed by atoms with Crippen LogP contribution in [0.15, 0.2) is 28.6 Å². The van der Waals surface area contributed by atoms with Crippen molar-refractivity contribution in [1.29, 1.82) is 0 Å². The SMILES string of the molecule is O=C(CSc1nc2ccccc2s1)NCC[C@H](O)C(=O)O. The number of aliphatic hydroxyl groups is 1. The highest BCUT2D eigenvalue weighted by Gasteiger charge is 2.13. The Labute approximate surface area is 129 Å². The molecule has 2 rings (SSSR count). The highest BCUT2D eigenvalue weighted by Crippen LogP contribution is 2.28. The second-order valence-corrected chi connectivity index (χ2v) is 6.48. The Morgan fingerprint density at radius 1 is 1.38 bits per heavy atom. The van der Waals surface area contributed by atoms with Crippen molar-refractivity contribution in [2.45, 2.75) is 16.9 Å². The lowest BCUT2D eigenvalue weighted by Gasteiger charge is -2.06. The van der Waals surface area contributed by atoms with Crippen LogP contribution in [0.3, 0.4) is 0 Å². The molecule has 0 saturated carbocycles. The number of nitrogens with zero attached hydrogens (tertiary/aromatic N) is 1. The summed E-state index contributed by atoms with van der Waals surface area (Å²) in [6, 6.07) is 7.75. The average Bonchev–Trinajstić information content (AvgIpc) is 2.87. The van der Waals surface area contributed by atoms with Crippen molar-refractivity contribution >= 4 is 45.2 Å². The van der Waals surface area contributed by atoms with Crippen LogP contribution in [0.1, 0.15) is 6.42 Å². The van der Waals surface area contributed by atoms with Gasteiger partial charge in [0.05, 0.1) is 16.0 Å². The number of aliphatic carboxylic acids is 1. The number of fused-ring (bicyclic) bond motifs is 1. The standard InChI is InChI=1S/C13H14N2O4S2/c16-9(12(18)19)5-6-14-11(17)7-20-13-15-8-3-1-2-4-10(8)21-13/h1-4,9,16H,5-7H2,(H,14,17)(H,18,19)/t9-/m0/s1. The molecule has 0 bridgehead atoms. The van der Waals surface area contributed by atoms with Crippen LogP contribution in [0.4, 0.5) is 0 Å². The van der Waals surface area contributed by atoms with Crippen LogP contribution < -0.4 is 5.32 Å². The number of carboxylic acids is 1. The highest BCUT2D eigenvalue weighted by molar-refractivity contribution is 8.01. The minimum Gasteiger partial charge on any atom is -0.479 e. The Morgan fingerprint density at radius 3 is 2.86 bits per heavy atom. The molecule has 1 amide bonds. The molecule has 6 nitrogen and oxygen atoms in total.